The lowest BCUT2D eigenvalue weighted by Crippen LogP contribution is -2.17. The minimum absolute atomic E-state index is 0.0677. The van der Waals surface area contributed by atoms with Gasteiger partial charge in [0.25, 0.3) is 11.6 Å². The third-order valence-corrected chi connectivity index (χ3v) is 4.31. The molecule has 0 heterocycles. The minimum atomic E-state index is -0.497. The number of thioether (sulfide) groups is 1. The number of hydrogen-bond acceptors (Lipinski definition) is 6. The van der Waals surface area contributed by atoms with Gasteiger partial charge in [0.05, 0.1) is 22.6 Å². The van der Waals surface area contributed by atoms with Crippen molar-refractivity contribution >= 4 is 41.2 Å². The van der Waals surface area contributed by atoms with E-state index in [0.29, 0.717) is 26.8 Å². The number of rotatable bonds is 7. The Morgan fingerprint density at radius 1 is 1.32 bits per heavy atom. The Bertz CT molecular complexity index is 796. The third kappa shape index (κ3) is 5.56. The van der Waals surface area contributed by atoms with E-state index < -0.39 is 10.8 Å². The first-order valence-corrected chi connectivity index (χ1v) is 8.48. The van der Waals surface area contributed by atoms with Crippen LogP contribution in [0.5, 0.6) is 0 Å². The maximum Gasteiger partial charge on any atom is 0.283 e. The van der Waals surface area contributed by atoms with E-state index in [2.05, 4.69) is 10.5 Å². The first-order valence-electron chi connectivity index (χ1n) is 7.12. The van der Waals surface area contributed by atoms with Crippen LogP contribution in [0.15, 0.2) is 52.5 Å². The summed E-state index contributed by atoms with van der Waals surface area (Å²) in [6.45, 7) is -0.0677. The molecule has 0 atom stereocenters. The molecule has 1 amide bonds. The number of carbonyl (C=O) groups excluding carboxylic acids is 1. The lowest BCUT2D eigenvalue weighted by Gasteiger charge is -2.03. The van der Waals surface area contributed by atoms with E-state index in [9.17, 15) is 14.9 Å². The summed E-state index contributed by atoms with van der Waals surface area (Å²) in [5.74, 6) is -0.0525. The molecule has 2 aromatic carbocycles. The molecule has 0 aromatic heterocycles. The van der Waals surface area contributed by atoms with Crippen LogP contribution in [0.4, 0.5) is 5.69 Å². The van der Waals surface area contributed by atoms with Gasteiger partial charge in [-0.3, -0.25) is 14.9 Å². The Balaban J connectivity index is 2.07. The predicted octanol–water partition coefficient (Wildman–Crippen LogP) is 3.10. The zero-order valence-electron chi connectivity index (χ0n) is 12.9. The Kier molecular flexibility index (Phi) is 6.93. The van der Waals surface area contributed by atoms with Gasteiger partial charge >= 0.3 is 0 Å². The van der Waals surface area contributed by atoms with E-state index in [1.807, 2.05) is 0 Å². The molecule has 0 bridgehead atoms. The highest BCUT2D eigenvalue weighted by atomic mass is 35.5. The lowest BCUT2D eigenvalue weighted by atomic mass is 10.2. The fourth-order valence-corrected chi connectivity index (χ4v) is 2.75. The maximum atomic E-state index is 11.9. The van der Waals surface area contributed by atoms with Gasteiger partial charge in [-0.15, -0.1) is 11.8 Å². The van der Waals surface area contributed by atoms with Crippen molar-refractivity contribution in [2.45, 2.75) is 4.90 Å². The molecule has 0 aliphatic rings. The molecule has 2 N–H and O–H groups in total. The molecule has 0 saturated carbocycles. The van der Waals surface area contributed by atoms with Crippen molar-refractivity contribution in [1.29, 1.82) is 0 Å². The zero-order valence-corrected chi connectivity index (χ0v) is 14.5. The van der Waals surface area contributed by atoms with Crippen molar-refractivity contribution in [3.05, 3.63) is 68.7 Å². The molecule has 0 unspecified atom stereocenters. The van der Waals surface area contributed by atoms with Crippen LogP contribution in [0.25, 0.3) is 0 Å². The monoisotopic (exact) mass is 379 g/mol. The molecule has 25 heavy (non-hydrogen) atoms. The molecule has 0 spiro atoms. The summed E-state index contributed by atoms with van der Waals surface area (Å²) in [6.07, 6.45) is 1.32. The largest absolute Gasteiger partial charge is 0.396 e. The summed E-state index contributed by atoms with van der Waals surface area (Å²) in [4.78, 5) is 23.0. The normalized spacial score (nSPS) is 10.8. The highest BCUT2D eigenvalue weighted by Gasteiger charge is 2.14. The molecule has 0 fully saturated rings. The van der Waals surface area contributed by atoms with Crippen molar-refractivity contribution in [2.75, 3.05) is 12.4 Å². The van der Waals surface area contributed by atoms with Crippen LogP contribution in [-0.2, 0) is 0 Å². The molecule has 0 radical (unpaired) electrons. The van der Waals surface area contributed by atoms with Gasteiger partial charge in [0.1, 0.15) is 0 Å². The fourth-order valence-electron chi connectivity index (χ4n) is 1.87. The zero-order chi connectivity index (χ0) is 18.2. The number of halogens is 1. The Labute approximate surface area is 152 Å². The Morgan fingerprint density at radius 3 is 2.68 bits per heavy atom. The van der Waals surface area contributed by atoms with E-state index in [1.165, 1.54) is 24.0 Å². The third-order valence-electron chi connectivity index (χ3n) is 3.01. The van der Waals surface area contributed by atoms with Gasteiger partial charge in [-0.25, -0.2) is 5.43 Å². The SMILES string of the molecule is O=C(N/N=C\c1ccc(SCCO)c([N+](=O)[O-])c1)c1ccc(Cl)cc1. The number of nitrogens with zero attached hydrogens (tertiary/aromatic N) is 2. The molecular formula is C16H14ClN3O4S. The number of hydrazone groups is 1. The number of hydrogen-bond donors (Lipinski definition) is 2. The van der Waals surface area contributed by atoms with E-state index in [4.69, 9.17) is 16.7 Å². The molecule has 0 aliphatic carbocycles. The van der Waals surface area contributed by atoms with E-state index >= 15 is 0 Å². The summed E-state index contributed by atoms with van der Waals surface area (Å²) < 4.78 is 0. The van der Waals surface area contributed by atoms with Crippen molar-refractivity contribution in [3.8, 4) is 0 Å². The smallest absolute Gasteiger partial charge is 0.283 e. The average molecular weight is 380 g/mol. The number of aliphatic hydroxyl groups is 1. The van der Waals surface area contributed by atoms with Crippen LogP contribution >= 0.6 is 23.4 Å². The topological polar surface area (TPSA) is 105 Å². The number of carbonyl (C=O) groups is 1. The van der Waals surface area contributed by atoms with Gasteiger partial charge in [0.2, 0.25) is 0 Å². The molecule has 0 aliphatic heterocycles. The second kappa shape index (κ2) is 9.16. The first-order chi connectivity index (χ1) is 12.0. The highest BCUT2D eigenvalue weighted by molar-refractivity contribution is 7.99. The van der Waals surface area contributed by atoms with Crippen LogP contribution in [0, 0.1) is 10.1 Å². The molecule has 2 rings (SSSR count). The van der Waals surface area contributed by atoms with Crippen molar-refractivity contribution in [2.24, 2.45) is 5.10 Å². The second-order valence-corrected chi connectivity index (χ2v) is 6.34. The molecule has 9 heteroatoms. The number of nitrogens with one attached hydrogen (secondary N) is 1. The Hall–Kier alpha value is -2.42. The standard InChI is InChI=1S/C16H14ClN3O4S/c17-13-4-2-12(3-5-13)16(22)19-18-10-11-1-6-15(25-8-7-21)14(9-11)20(23)24/h1-6,9-10,21H,7-8H2,(H,19,22)/b18-10-. The van der Waals surface area contributed by atoms with Crippen LogP contribution < -0.4 is 5.43 Å². The number of aliphatic hydroxyl groups excluding tert-OH is 1. The van der Waals surface area contributed by atoms with Gasteiger partial charge in [0.15, 0.2) is 0 Å². The van der Waals surface area contributed by atoms with E-state index in [1.54, 1.807) is 36.4 Å². The quantitative estimate of drug-likeness (QED) is 0.333. The van der Waals surface area contributed by atoms with Crippen LogP contribution in [-0.4, -0.2) is 34.5 Å². The summed E-state index contributed by atoms with van der Waals surface area (Å²) in [5, 5.41) is 24.3. The fraction of sp³-hybridized carbons (Fsp3) is 0.125. The number of amides is 1. The molecule has 0 saturated heterocycles. The predicted molar refractivity (Wildman–Crippen MR) is 97.4 cm³/mol. The lowest BCUT2D eigenvalue weighted by molar-refractivity contribution is -0.387. The average Bonchev–Trinajstić information content (AvgIpc) is 2.60. The van der Waals surface area contributed by atoms with Crippen molar-refractivity contribution < 1.29 is 14.8 Å². The van der Waals surface area contributed by atoms with Crippen molar-refractivity contribution in [1.82, 2.24) is 5.43 Å². The van der Waals surface area contributed by atoms with Gasteiger partial charge in [-0.05, 0) is 30.3 Å². The van der Waals surface area contributed by atoms with Crippen LogP contribution in [0.3, 0.4) is 0 Å². The molecule has 7 nitrogen and oxygen atoms in total. The molecular weight excluding hydrogens is 366 g/mol. The maximum absolute atomic E-state index is 11.9. The molecule has 2 aromatic rings. The summed E-state index contributed by atoms with van der Waals surface area (Å²) >= 11 is 6.95. The van der Waals surface area contributed by atoms with Crippen LogP contribution in [0.1, 0.15) is 15.9 Å². The Morgan fingerprint density at radius 2 is 2.04 bits per heavy atom. The van der Waals surface area contributed by atoms with Gasteiger partial charge in [0, 0.05) is 28.0 Å². The summed E-state index contributed by atoms with van der Waals surface area (Å²) in [5.41, 5.74) is 3.13. The number of benzene rings is 2. The van der Waals surface area contributed by atoms with Crippen LogP contribution in [0.2, 0.25) is 5.02 Å². The minimum Gasteiger partial charge on any atom is -0.396 e. The highest BCUT2D eigenvalue weighted by Crippen LogP contribution is 2.29. The second-order valence-electron chi connectivity index (χ2n) is 4.76. The first kappa shape index (κ1) is 18.9. The number of nitro groups is 1. The number of nitro benzene ring substituents is 1. The summed E-state index contributed by atoms with van der Waals surface area (Å²) in [6, 6.07) is 10.9. The van der Waals surface area contributed by atoms with Gasteiger partial charge in [-0.1, -0.05) is 17.7 Å². The molecule has 130 valence electrons. The van der Waals surface area contributed by atoms with Gasteiger partial charge < -0.3 is 5.11 Å². The summed E-state index contributed by atoms with van der Waals surface area (Å²) in [7, 11) is 0. The van der Waals surface area contributed by atoms with Gasteiger partial charge in [-0.2, -0.15) is 5.10 Å². The van der Waals surface area contributed by atoms with Crippen molar-refractivity contribution in [3.63, 3.8) is 0 Å². The van der Waals surface area contributed by atoms with E-state index in [0.717, 1.165) is 0 Å². The van der Waals surface area contributed by atoms with E-state index in [-0.39, 0.29) is 12.3 Å².